The number of anilines is 3. The Morgan fingerprint density at radius 2 is 1.65 bits per heavy atom. The maximum absolute atomic E-state index is 13.1. The van der Waals surface area contributed by atoms with E-state index in [-0.39, 0.29) is 16.6 Å². The van der Waals surface area contributed by atoms with Crippen molar-refractivity contribution in [3.8, 4) is 5.75 Å². The second-order valence-electron chi connectivity index (χ2n) is 7.48. The van der Waals surface area contributed by atoms with Gasteiger partial charge in [0.15, 0.2) is 0 Å². The molecule has 0 saturated carbocycles. The molecule has 1 aliphatic rings. The highest BCUT2D eigenvalue weighted by Crippen LogP contribution is 2.36. The summed E-state index contributed by atoms with van der Waals surface area (Å²) in [6.45, 7) is 1.84. The van der Waals surface area contributed by atoms with Crippen molar-refractivity contribution in [1.82, 2.24) is 0 Å². The molecule has 0 unspecified atom stereocenters. The summed E-state index contributed by atoms with van der Waals surface area (Å²) < 4.78 is 5.31. The van der Waals surface area contributed by atoms with Gasteiger partial charge in [-0.05, 0) is 67.1 Å². The van der Waals surface area contributed by atoms with Crippen molar-refractivity contribution in [2.75, 3.05) is 22.6 Å². The quantitative estimate of drug-likeness (QED) is 0.450. The van der Waals surface area contributed by atoms with Gasteiger partial charge in [-0.2, -0.15) is 0 Å². The van der Waals surface area contributed by atoms with E-state index in [0.717, 1.165) is 10.5 Å². The minimum atomic E-state index is -0.657. The molecule has 0 bridgehead atoms. The van der Waals surface area contributed by atoms with Crippen LogP contribution in [0.1, 0.15) is 15.9 Å². The topological polar surface area (TPSA) is 87.7 Å². The van der Waals surface area contributed by atoms with Crippen molar-refractivity contribution < 1.29 is 19.1 Å². The van der Waals surface area contributed by atoms with Crippen molar-refractivity contribution in [3.05, 3.63) is 93.6 Å². The lowest BCUT2D eigenvalue weighted by molar-refractivity contribution is -0.120. The number of halogens is 2. The zero-order valence-electron chi connectivity index (χ0n) is 18.2. The number of imide groups is 1. The molecule has 0 fully saturated rings. The molecular formula is C25H19Cl2N3O4. The van der Waals surface area contributed by atoms with Crippen LogP contribution in [0.2, 0.25) is 5.02 Å². The normalized spacial score (nSPS) is 13.4. The van der Waals surface area contributed by atoms with Gasteiger partial charge in [-0.3, -0.25) is 14.4 Å². The standard InChI is InChI=1S/C25H19Cl2N3O4/c1-14-6-11-20(34-2)19(12-14)30-24(32)21(27)22(25(30)33)28-17-9-7-15(8-10-17)23(31)29-18-5-3-4-16(26)13-18/h3-13,28H,1-2H3,(H,29,31). The highest BCUT2D eigenvalue weighted by atomic mass is 35.5. The molecule has 1 aliphatic heterocycles. The zero-order valence-corrected chi connectivity index (χ0v) is 19.7. The van der Waals surface area contributed by atoms with E-state index in [4.69, 9.17) is 27.9 Å². The van der Waals surface area contributed by atoms with E-state index in [1.807, 2.05) is 13.0 Å². The maximum Gasteiger partial charge on any atom is 0.283 e. The summed E-state index contributed by atoms with van der Waals surface area (Å²) in [7, 11) is 1.46. The van der Waals surface area contributed by atoms with E-state index in [1.165, 1.54) is 7.11 Å². The highest BCUT2D eigenvalue weighted by Gasteiger charge is 2.40. The van der Waals surface area contributed by atoms with Gasteiger partial charge in [-0.1, -0.05) is 35.3 Å². The lowest BCUT2D eigenvalue weighted by atomic mass is 10.1. The molecule has 9 heteroatoms. The fourth-order valence-corrected chi connectivity index (χ4v) is 3.83. The fourth-order valence-electron chi connectivity index (χ4n) is 3.42. The molecule has 2 N–H and O–H groups in total. The van der Waals surface area contributed by atoms with Gasteiger partial charge in [0.1, 0.15) is 16.5 Å². The van der Waals surface area contributed by atoms with Crippen LogP contribution in [0.15, 0.2) is 77.5 Å². The Labute approximate surface area is 205 Å². The summed E-state index contributed by atoms with van der Waals surface area (Å²) in [5, 5.41) is 5.92. The Morgan fingerprint density at radius 3 is 2.32 bits per heavy atom. The van der Waals surface area contributed by atoms with E-state index in [1.54, 1.807) is 60.7 Å². The monoisotopic (exact) mass is 495 g/mol. The van der Waals surface area contributed by atoms with Crippen LogP contribution in [0.4, 0.5) is 17.1 Å². The summed E-state index contributed by atoms with van der Waals surface area (Å²) >= 11 is 12.2. The van der Waals surface area contributed by atoms with E-state index < -0.39 is 11.8 Å². The number of hydrogen-bond acceptors (Lipinski definition) is 5. The predicted molar refractivity (Wildman–Crippen MR) is 133 cm³/mol. The second kappa shape index (κ2) is 9.59. The Kier molecular flexibility index (Phi) is 6.58. The van der Waals surface area contributed by atoms with E-state index in [9.17, 15) is 14.4 Å². The number of carbonyl (C=O) groups is 3. The number of hydrogen-bond donors (Lipinski definition) is 2. The maximum atomic E-state index is 13.1. The average molecular weight is 496 g/mol. The summed E-state index contributed by atoms with van der Waals surface area (Å²) in [6, 6.07) is 18.4. The van der Waals surface area contributed by atoms with Crippen LogP contribution < -0.4 is 20.3 Å². The molecule has 172 valence electrons. The molecule has 7 nitrogen and oxygen atoms in total. The third-order valence-corrected chi connectivity index (χ3v) is 5.69. The van der Waals surface area contributed by atoms with Crippen molar-refractivity contribution in [1.29, 1.82) is 0 Å². The van der Waals surface area contributed by atoms with Crippen molar-refractivity contribution in [2.45, 2.75) is 6.92 Å². The van der Waals surface area contributed by atoms with E-state index in [0.29, 0.717) is 33.4 Å². The smallest absolute Gasteiger partial charge is 0.283 e. The second-order valence-corrected chi connectivity index (χ2v) is 8.29. The molecule has 0 aromatic heterocycles. The number of amides is 3. The number of ether oxygens (including phenoxy) is 1. The van der Waals surface area contributed by atoms with Crippen molar-refractivity contribution in [3.63, 3.8) is 0 Å². The summed E-state index contributed by atoms with van der Waals surface area (Å²) in [6.07, 6.45) is 0. The molecule has 0 saturated heterocycles. The molecule has 0 radical (unpaired) electrons. The number of nitrogens with zero attached hydrogens (tertiary/aromatic N) is 1. The molecule has 0 spiro atoms. The fraction of sp³-hybridized carbons (Fsp3) is 0.0800. The third-order valence-electron chi connectivity index (χ3n) is 5.10. The van der Waals surface area contributed by atoms with Gasteiger partial charge in [-0.15, -0.1) is 0 Å². The molecule has 3 amide bonds. The Balaban J connectivity index is 1.51. The van der Waals surface area contributed by atoms with Crippen LogP contribution >= 0.6 is 23.2 Å². The van der Waals surface area contributed by atoms with Gasteiger partial charge >= 0.3 is 0 Å². The van der Waals surface area contributed by atoms with Gasteiger partial charge < -0.3 is 15.4 Å². The van der Waals surface area contributed by atoms with Gasteiger partial charge in [0, 0.05) is 22.0 Å². The summed E-state index contributed by atoms with van der Waals surface area (Å²) in [4.78, 5) is 39.4. The first kappa shape index (κ1) is 23.4. The predicted octanol–water partition coefficient (Wildman–Crippen LogP) is 5.35. The highest BCUT2D eigenvalue weighted by molar-refractivity contribution is 6.53. The van der Waals surface area contributed by atoms with E-state index >= 15 is 0 Å². The van der Waals surface area contributed by atoms with Crippen LogP contribution in [0.25, 0.3) is 0 Å². The number of rotatable bonds is 6. The van der Waals surface area contributed by atoms with Crippen molar-refractivity contribution in [2.24, 2.45) is 0 Å². The molecule has 34 heavy (non-hydrogen) atoms. The lowest BCUT2D eigenvalue weighted by Gasteiger charge is -2.18. The number of methoxy groups -OCH3 is 1. The summed E-state index contributed by atoms with van der Waals surface area (Å²) in [5.74, 6) is -1.22. The zero-order chi connectivity index (χ0) is 24.4. The van der Waals surface area contributed by atoms with Crippen LogP contribution in [0.5, 0.6) is 5.75 Å². The molecular weight excluding hydrogens is 477 g/mol. The van der Waals surface area contributed by atoms with Gasteiger partial charge in [0.25, 0.3) is 17.7 Å². The van der Waals surface area contributed by atoms with Gasteiger partial charge in [0.05, 0.1) is 12.8 Å². The lowest BCUT2D eigenvalue weighted by Crippen LogP contribution is -2.32. The largest absolute Gasteiger partial charge is 0.495 e. The molecule has 4 rings (SSSR count). The van der Waals surface area contributed by atoms with Gasteiger partial charge in [0.2, 0.25) is 0 Å². The average Bonchev–Trinajstić information content (AvgIpc) is 3.02. The SMILES string of the molecule is COc1ccc(C)cc1N1C(=O)C(Cl)=C(Nc2ccc(C(=O)Nc3cccc(Cl)c3)cc2)C1=O. The van der Waals surface area contributed by atoms with E-state index in [2.05, 4.69) is 10.6 Å². The Hall–Kier alpha value is -3.81. The molecule has 0 aliphatic carbocycles. The molecule has 3 aromatic rings. The summed E-state index contributed by atoms with van der Waals surface area (Å²) in [5.41, 5.74) is 2.53. The Morgan fingerprint density at radius 1 is 0.912 bits per heavy atom. The number of carbonyl (C=O) groups excluding carboxylic acids is 3. The molecule has 1 heterocycles. The minimum absolute atomic E-state index is 0.0636. The number of aryl methyl sites for hydroxylation is 1. The first-order valence-electron chi connectivity index (χ1n) is 10.2. The number of nitrogens with one attached hydrogen (secondary N) is 2. The van der Waals surface area contributed by atoms with Crippen LogP contribution in [-0.2, 0) is 9.59 Å². The Bertz CT molecular complexity index is 1340. The first-order chi connectivity index (χ1) is 16.3. The molecule has 3 aromatic carbocycles. The third kappa shape index (κ3) is 4.62. The van der Waals surface area contributed by atoms with Gasteiger partial charge in [-0.25, -0.2) is 4.90 Å². The van der Waals surface area contributed by atoms with Crippen molar-refractivity contribution >= 4 is 58.0 Å². The minimum Gasteiger partial charge on any atom is -0.495 e. The van der Waals surface area contributed by atoms with Crippen LogP contribution in [-0.4, -0.2) is 24.8 Å². The molecule has 0 atom stereocenters. The first-order valence-corrected chi connectivity index (χ1v) is 10.9. The number of benzene rings is 3. The van der Waals surface area contributed by atoms with Crippen LogP contribution in [0.3, 0.4) is 0 Å². The van der Waals surface area contributed by atoms with Crippen LogP contribution in [0, 0.1) is 6.92 Å².